The van der Waals surface area contributed by atoms with Gasteiger partial charge in [0.05, 0.1) is 10.6 Å². The Hall–Kier alpha value is -5.64. The van der Waals surface area contributed by atoms with Crippen molar-refractivity contribution < 1.29 is 45.5 Å². The highest BCUT2D eigenvalue weighted by atomic mass is 35.5. The van der Waals surface area contributed by atoms with Crippen LogP contribution in [0.3, 0.4) is 0 Å². The molecule has 0 atom stereocenters. The molecule has 0 unspecified atom stereocenters. The molecule has 52 heavy (non-hydrogen) atoms. The van der Waals surface area contributed by atoms with Gasteiger partial charge < -0.3 is 26.0 Å². The standard InChI is InChI=1S/C35H31ClF6N6O4/c36-28-11-8-24(20-27(28)34(37,38)39)48-33(51)47-23-6-9-25(10-7-23)52-26-14-18-43-29(21-26)32(50)46-16-4-2-1-3-15-45-31(49)12-5-22-13-17-44-30(19-22)35(40,41)42/h5-14,17-21H,1-4,15-16H2,(H,45,49)(H,46,50)(H2,47,48,51)/b12-5+. The Balaban J connectivity index is 1.13. The predicted octanol–water partition coefficient (Wildman–Crippen LogP) is 8.72. The molecule has 0 aliphatic heterocycles. The van der Waals surface area contributed by atoms with Crippen LogP contribution in [0.2, 0.25) is 5.02 Å². The molecule has 274 valence electrons. The summed E-state index contributed by atoms with van der Waals surface area (Å²) in [4.78, 5) is 44.2. The number of rotatable bonds is 14. The zero-order valence-electron chi connectivity index (χ0n) is 27.1. The van der Waals surface area contributed by atoms with E-state index in [0.717, 1.165) is 43.3 Å². The van der Waals surface area contributed by atoms with Crippen molar-refractivity contribution in [3.63, 3.8) is 0 Å². The van der Waals surface area contributed by atoms with Crippen molar-refractivity contribution in [2.75, 3.05) is 23.7 Å². The van der Waals surface area contributed by atoms with Gasteiger partial charge >= 0.3 is 18.4 Å². The third kappa shape index (κ3) is 12.6. The number of pyridine rings is 2. The van der Waals surface area contributed by atoms with E-state index in [1.807, 2.05) is 0 Å². The number of urea groups is 1. The summed E-state index contributed by atoms with van der Waals surface area (Å²) in [6.07, 6.45) is -1.50. The van der Waals surface area contributed by atoms with E-state index in [4.69, 9.17) is 16.3 Å². The molecular formula is C35H31ClF6N6O4. The van der Waals surface area contributed by atoms with Crippen LogP contribution >= 0.6 is 11.6 Å². The number of halogens is 7. The van der Waals surface area contributed by atoms with Gasteiger partial charge in [0, 0.05) is 49.0 Å². The summed E-state index contributed by atoms with van der Waals surface area (Å²) >= 11 is 5.61. The van der Waals surface area contributed by atoms with Crippen molar-refractivity contribution in [2.24, 2.45) is 0 Å². The van der Waals surface area contributed by atoms with Gasteiger partial charge in [-0.2, -0.15) is 26.3 Å². The maximum atomic E-state index is 13.1. The van der Waals surface area contributed by atoms with E-state index >= 15 is 0 Å². The number of unbranched alkanes of at least 4 members (excludes halogenated alkanes) is 3. The first-order valence-electron chi connectivity index (χ1n) is 15.6. The summed E-state index contributed by atoms with van der Waals surface area (Å²) in [5.74, 6) is -0.145. The summed E-state index contributed by atoms with van der Waals surface area (Å²) in [5, 5.41) is 9.79. The lowest BCUT2D eigenvalue weighted by molar-refractivity contribution is -0.141. The van der Waals surface area contributed by atoms with Crippen molar-refractivity contribution in [3.8, 4) is 11.5 Å². The predicted molar refractivity (Wildman–Crippen MR) is 182 cm³/mol. The number of aromatic nitrogens is 2. The number of carbonyl (C=O) groups is 3. The highest BCUT2D eigenvalue weighted by Crippen LogP contribution is 2.36. The topological polar surface area (TPSA) is 134 Å². The highest BCUT2D eigenvalue weighted by molar-refractivity contribution is 6.31. The average Bonchev–Trinajstić information content (AvgIpc) is 3.09. The normalized spacial score (nSPS) is 11.6. The molecule has 2 aromatic heterocycles. The van der Waals surface area contributed by atoms with E-state index in [9.17, 15) is 40.7 Å². The molecule has 0 saturated carbocycles. The quantitative estimate of drug-likeness (QED) is 0.0579. The third-order valence-electron chi connectivity index (χ3n) is 7.03. The molecule has 4 N–H and O–H groups in total. The fourth-order valence-corrected chi connectivity index (χ4v) is 4.72. The Labute approximate surface area is 298 Å². The lowest BCUT2D eigenvalue weighted by Crippen LogP contribution is -2.25. The number of anilines is 2. The van der Waals surface area contributed by atoms with E-state index in [1.54, 1.807) is 18.2 Å². The number of nitrogens with zero attached hydrogens (tertiary/aromatic N) is 2. The first-order valence-corrected chi connectivity index (χ1v) is 16.0. The minimum Gasteiger partial charge on any atom is -0.457 e. The van der Waals surface area contributed by atoms with E-state index in [2.05, 4.69) is 31.2 Å². The van der Waals surface area contributed by atoms with Crippen molar-refractivity contribution in [3.05, 3.63) is 113 Å². The largest absolute Gasteiger partial charge is 0.457 e. The molecule has 0 bridgehead atoms. The molecule has 0 radical (unpaired) electrons. The molecule has 10 nitrogen and oxygen atoms in total. The van der Waals surface area contributed by atoms with Gasteiger partial charge in [-0.05, 0) is 85.1 Å². The van der Waals surface area contributed by atoms with Gasteiger partial charge in [-0.25, -0.2) is 4.79 Å². The van der Waals surface area contributed by atoms with Crippen LogP contribution in [0.25, 0.3) is 6.08 Å². The minimum absolute atomic E-state index is 0.0995. The summed E-state index contributed by atoms with van der Waals surface area (Å²) in [6, 6.07) is 13.6. The van der Waals surface area contributed by atoms with Gasteiger partial charge in [-0.1, -0.05) is 24.4 Å². The molecule has 0 aliphatic rings. The fourth-order valence-electron chi connectivity index (χ4n) is 4.50. The number of hydrogen-bond donors (Lipinski definition) is 4. The molecule has 0 saturated heterocycles. The van der Waals surface area contributed by atoms with Crippen LogP contribution < -0.4 is 26.0 Å². The summed E-state index contributed by atoms with van der Waals surface area (Å²) in [7, 11) is 0. The van der Waals surface area contributed by atoms with Crippen LogP contribution in [0.5, 0.6) is 11.5 Å². The molecule has 2 aromatic carbocycles. The molecule has 4 aromatic rings. The van der Waals surface area contributed by atoms with Gasteiger partial charge in [-0.15, -0.1) is 0 Å². The number of carbonyl (C=O) groups excluding carboxylic acids is 3. The van der Waals surface area contributed by atoms with Crippen LogP contribution in [0.1, 0.15) is 53.0 Å². The molecule has 4 rings (SSSR count). The number of ether oxygens (including phenoxy) is 1. The van der Waals surface area contributed by atoms with Crippen molar-refractivity contribution in [1.82, 2.24) is 20.6 Å². The van der Waals surface area contributed by atoms with Crippen molar-refractivity contribution >= 4 is 46.9 Å². The van der Waals surface area contributed by atoms with Gasteiger partial charge in [0.2, 0.25) is 5.91 Å². The van der Waals surface area contributed by atoms with E-state index in [-0.39, 0.29) is 16.9 Å². The van der Waals surface area contributed by atoms with Crippen LogP contribution in [0.15, 0.2) is 85.2 Å². The average molecular weight is 749 g/mol. The van der Waals surface area contributed by atoms with Gasteiger partial charge in [-0.3, -0.25) is 19.6 Å². The Morgan fingerprint density at radius 3 is 2.06 bits per heavy atom. The van der Waals surface area contributed by atoms with Crippen molar-refractivity contribution in [1.29, 1.82) is 0 Å². The summed E-state index contributed by atoms with van der Waals surface area (Å²) < 4.78 is 83.3. The molecule has 2 heterocycles. The molecule has 4 amide bonds. The van der Waals surface area contributed by atoms with E-state index in [1.165, 1.54) is 42.6 Å². The highest BCUT2D eigenvalue weighted by Gasteiger charge is 2.34. The van der Waals surface area contributed by atoms with Gasteiger partial charge in [0.25, 0.3) is 5.91 Å². The Kier molecular flexibility index (Phi) is 13.6. The molecule has 0 aliphatic carbocycles. The van der Waals surface area contributed by atoms with Crippen LogP contribution in [0, 0.1) is 0 Å². The van der Waals surface area contributed by atoms with Crippen LogP contribution in [0.4, 0.5) is 42.5 Å². The number of hydrogen-bond acceptors (Lipinski definition) is 6. The fraction of sp³-hybridized carbons (Fsp3) is 0.229. The molecule has 17 heteroatoms. The lowest BCUT2D eigenvalue weighted by atomic mass is 10.2. The SMILES string of the molecule is O=C(/C=C/c1ccnc(C(F)(F)F)c1)NCCCCCCNC(=O)c1cc(Oc2ccc(NC(=O)Nc3ccc(Cl)c(C(F)(F)F)c3)cc2)ccn1. The van der Waals surface area contributed by atoms with Gasteiger partial charge in [0.15, 0.2) is 0 Å². The Morgan fingerprint density at radius 1 is 0.712 bits per heavy atom. The number of amides is 4. The molecular weight excluding hydrogens is 718 g/mol. The number of benzene rings is 2. The summed E-state index contributed by atoms with van der Waals surface area (Å²) in [6.45, 7) is 0.764. The second-order valence-electron chi connectivity index (χ2n) is 11.0. The first-order chi connectivity index (χ1) is 24.7. The minimum atomic E-state index is -4.68. The lowest BCUT2D eigenvalue weighted by Gasteiger charge is -2.12. The maximum absolute atomic E-state index is 13.1. The van der Waals surface area contributed by atoms with Crippen LogP contribution in [-0.4, -0.2) is 40.9 Å². The van der Waals surface area contributed by atoms with Crippen molar-refractivity contribution in [2.45, 2.75) is 38.0 Å². The van der Waals surface area contributed by atoms with E-state index < -0.39 is 46.5 Å². The number of nitrogens with one attached hydrogen (secondary N) is 4. The molecule has 0 fully saturated rings. The second kappa shape index (κ2) is 18.0. The first kappa shape index (κ1) is 39.2. The Morgan fingerprint density at radius 2 is 1.37 bits per heavy atom. The van der Waals surface area contributed by atoms with E-state index in [0.29, 0.717) is 43.1 Å². The van der Waals surface area contributed by atoms with Crippen LogP contribution in [-0.2, 0) is 17.1 Å². The third-order valence-corrected chi connectivity index (χ3v) is 7.36. The maximum Gasteiger partial charge on any atom is 0.433 e. The summed E-state index contributed by atoms with van der Waals surface area (Å²) in [5.41, 5.74) is -1.56. The van der Waals surface area contributed by atoms with Gasteiger partial charge in [0.1, 0.15) is 22.9 Å². The zero-order valence-corrected chi connectivity index (χ0v) is 27.8. The number of alkyl halides is 6. The Bertz CT molecular complexity index is 1890. The zero-order chi connectivity index (χ0) is 37.7. The molecule has 0 spiro atoms. The second-order valence-corrected chi connectivity index (χ2v) is 11.4. The smallest absolute Gasteiger partial charge is 0.433 e. The monoisotopic (exact) mass is 748 g/mol.